The van der Waals surface area contributed by atoms with Crippen LogP contribution in [0.15, 0.2) is 18.2 Å². The minimum Gasteiger partial charge on any atom is -0.492 e. The van der Waals surface area contributed by atoms with Gasteiger partial charge in [0.15, 0.2) is 0 Å². The zero-order valence-corrected chi connectivity index (χ0v) is 12.2. The number of hydrogen-bond acceptors (Lipinski definition) is 6. The standard InChI is InChI=1S/C15H21N5O/c1-20-7-5-10(6-8-20)9-21-12-4-2-3-11-13(12)14(16)19-15(17)18-11/h2-4,10H,5-9H2,1H3,(H4,16,17,18,19). The van der Waals surface area contributed by atoms with Gasteiger partial charge in [0.1, 0.15) is 11.6 Å². The number of rotatable bonds is 3. The fraction of sp³-hybridized carbons (Fsp3) is 0.467. The van der Waals surface area contributed by atoms with E-state index in [4.69, 9.17) is 16.2 Å². The van der Waals surface area contributed by atoms with E-state index in [0.29, 0.717) is 18.3 Å². The Hall–Kier alpha value is -2.08. The van der Waals surface area contributed by atoms with Crippen molar-refractivity contribution in [3.05, 3.63) is 18.2 Å². The van der Waals surface area contributed by atoms with Crippen LogP contribution in [-0.2, 0) is 0 Å². The molecule has 1 aliphatic heterocycles. The third-order valence-electron chi connectivity index (χ3n) is 4.04. The van der Waals surface area contributed by atoms with E-state index in [1.807, 2.05) is 18.2 Å². The summed E-state index contributed by atoms with van der Waals surface area (Å²) in [6, 6.07) is 5.68. The van der Waals surface area contributed by atoms with Crippen LogP contribution in [0.5, 0.6) is 5.75 Å². The van der Waals surface area contributed by atoms with Crippen LogP contribution in [-0.4, -0.2) is 41.6 Å². The maximum atomic E-state index is 6.00. The van der Waals surface area contributed by atoms with E-state index in [9.17, 15) is 0 Å². The smallest absolute Gasteiger partial charge is 0.222 e. The number of ether oxygens (including phenoxy) is 1. The molecular weight excluding hydrogens is 266 g/mol. The van der Waals surface area contributed by atoms with E-state index in [1.165, 1.54) is 12.8 Å². The maximum absolute atomic E-state index is 6.00. The summed E-state index contributed by atoms with van der Waals surface area (Å²) >= 11 is 0. The predicted octanol–water partition coefficient (Wildman–Crippen LogP) is 1.51. The molecule has 0 amide bonds. The van der Waals surface area contributed by atoms with Crippen molar-refractivity contribution in [2.45, 2.75) is 12.8 Å². The fourth-order valence-electron chi connectivity index (χ4n) is 2.75. The average molecular weight is 287 g/mol. The van der Waals surface area contributed by atoms with E-state index in [-0.39, 0.29) is 5.95 Å². The van der Waals surface area contributed by atoms with Crippen LogP contribution in [0.2, 0.25) is 0 Å². The second-order valence-electron chi connectivity index (χ2n) is 5.67. The number of fused-ring (bicyclic) bond motifs is 1. The van der Waals surface area contributed by atoms with Gasteiger partial charge in [0.2, 0.25) is 5.95 Å². The zero-order valence-electron chi connectivity index (χ0n) is 12.2. The highest BCUT2D eigenvalue weighted by Gasteiger charge is 2.18. The lowest BCUT2D eigenvalue weighted by atomic mass is 9.98. The summed E-state index contributed by atoms with van der Waals surface area (Å²) < 4.78 is 6.00. The third kappa shape index (κ3) is 3.00. The number of piperidine rings is 1. The first-order valence-electron chi connectivity index (χ1n) is 7.26. The van der Waals surface area contributed by atoms with Gasteiger partial charge in [0, 0.05) is 0 Å². The van der Waals surface area contributed by atoms with Crippen molar-refractivity contribution in [2.75, 3.05) is 38.2 Å². The number of anilines is 2. The fourth-order valence-corrected chi connectivity index (χ4v) is 2.75. The molecule has 0 radical (unpaired) electrons. The summed E-state index contributed by atoms with van der Waals surface area (Å²) in [5, 5.41) is 0.750. The van der Waals surface area contributed by atoms with E-state index in [1.54, 1.807) is 0 Å². The van der Waals surface area contributed by atoms with E-state index < -0.39 is 0 Å². The highest BCUT2D eigenvalue weighted by Crippen LogP contribution is 2.30. The molecule has 1 aliphatic rings. The Morgan fingerprint density at radius 1 is 1.24 bits per heavy atom. The summed E-state index contributed by atoms with van der Waals surface area (Å²) in [5.74, 6) is 1.89. The number of hydrogen-bond donors (Lipinski definition) is 2. The molecule has 1 aromatic carbocycles. The summed E-state index contributed by atoms with van der Waals surface area (Å²) in [6.07, 6.45) is 2.33. The molecular formula is C15H21N5O. The van der Waals surface area contributed by atoms with Crippen molar-refractivity contribution >= 4 is 22.7 Å². The summed E-state index contributed by atoms with van der Waals surface area (Å²) in [4.78, 5) is 10.6. The Morgan fingerprint density at radius 2 is 2.00 bits per heavy atom. The molecule has 0 atom stereocenters. The highest BCUT2D eigenvalue weighted by atomic mass is 16.5. The second-order valence-corrected chi connectivity index (χ2v) is 5.67. The number of nitrogens with two attached hydrogens (primary N) is 2. The van der Waals surface area contributed by atoms with Gasteiger partial charge in [0.25, 0.3) is 0 Å². The molecule has 0 bridgehead atoms. The lowest BCUT2D eigenvalue weighted by Gasteiger charge is -2.28. The van der Waals surface area contributed by atoms with E-state index >= 15 is 0 Å². The SMILES string of the molecule is CN1CCC(COc2cccc3nc(N)nc(N)c23)CC1. The van der Waals surface area contributed by atoms with E-state index in [2.05, 4.69) is 21.9 Å². The summed E-state index contributed by atoms with van der Waals surface area (Å²) in [7, 11) is 2.16. The Bertz CT molecular complexity index is 637. The topological polar surface area (TPSA) is 90.3 Å². The second kappa shape index (κ2) is 5.73. The van der Waals surface area contributed by atoms with Gasteiger partial charge in [-0.2, -0.15) is 4.98 Å². The van der Waals surface area contributed by atoms with Crippen molar-refractivity contribution < 1.29 is 4.74 Å². The molecule has 4 N–H and O–H groups in total. The van der Waals surface area contributed by atoms with Crippen LogP contribution in [0.4, 0.5) is 11.8 Å². The Labute approximate surface area is 124 Å². The molecule has 0 saturated carbocycles. The van der Waals surface area contributed by atoms with Crippen molar-refractivity contribution in [3.63, 3.8) is 0 Å². The van der Waals surface area contributed by atoms with Crippen LogP contribution < -0.4 is 16.2 Å². The van der Waals surface area contributed by atoms with Gasteiger partial charge in [-0.05, 0) is 51.0 Å². The number of likely N-dealkylation sites (tertiary alicyclic amines) is 1. The molecule has 0 aliphatic carbocycles. The van der Waals surface area contributed by atoms with Crippen molar-refractivity contribution in [3.8, 4) is 5.75 Å². The molecule has 112 valence electrons. The first-order chi connectivity index (χ1) is 10.1. The van der Waals surface area contributed by atoms with Crippen LogP contribution in [0.1, 0.15) is 12.8 Å². The minimum atomic E-state index is 0.187. The monoisotopic (exact) mass is 287 g/mol. The van der Waals surface area contributed by atoms with Crippen LogP contribution in [0.25, 0.3) is 10.9 Å². The molecule has 0 spiro atoms. The molecule has 1 saturated heterocycles. The normalized spacial score (nSPS) is 17.2. The summed E-state index contributed by atoms with van der Waals surface area (Å²) in [5.41, 5.74) is 12.3. The van der Waals surface area contributed by atoms with Gasteiger partial charge >= 0.3 is 0 Å². The molecule has 0 unspecified atom stereocenters. The third-order valence-corrected chi connectivity index (χ3v) is 4.04. The molecule has 2 aromatic rings. The van der Waals surface area contributed by atoms with Crippen LogP contribution in [0.3, 0.4) is 0 Å². The number of benzene rings is 1. The predicted molar refractivity (Wildman–Crippen MR) is 84.1 cm³/mol. The van der Waals surface area contributed by atoms with Crippen molar-refractivity contribution in [1.29, 1.82) is 0 Å². The molecule has 6 nitrogen and oxygen atoms in total. The molecule has 2 heterocycles. The number of nitrogen functional groups attached to an aromatic ring is 2. The lowest BCUT2D eigenvalue weighted by molar-refractivity contribution is 0.161. The Balaban J connectivity index is 1.78. The number of nitrogens with zero attached hydrogens (tertiary/aromatic N) is 3. The minimum absolute atomic E-state index is 0.187. The average Bonchev–Trinajstić information content (AvgIpc) is 2.46. The van der Waals surface area contributed by atoms with E-state index in [0.717, 1.165) is 29.7 Å². The molecule has 6 heteroatoms. The number of aromatic nitrogens is 2. The van der Waals surface area contributed by atoms with Gasteiger partial charge in [-0.25, -0.2) is 4.98 Å². The largest absolute Gasteiger partial charge is 0.492 e. The zero-order chi connectivity index (χ0) is 14.8. The first kappa shape index (κ1) is 13.9. The van der Waals surface area contributed by atoms with Crippen LogP contribution in [0, 0.1) is 5.92 Å². The maximum Gasteiger partial charge on any atom is 0.222 e. The van der Waals surface area contributed by atoms with Gasteiger partial charge in [-0.3, -0.25) is 0 Å². The summed E-state index contributed by atoms with van der Waals surface area (Å²) in [6.45, 7) is 2.97. The van der Waals surface area contributed by atoms with Gasteiger partial charge in [-0.15, -0.1) is 0 Å². The molecule has 1 aromatic heterocycles. The lowest BCUT2D eigenvalue weighted by Crippen LogP contribution is -2.32. The molecule has 21 heavy (non-hydrogen) atoms. The highest BCUT2D eigenvalue weighted by molar-refractivity contribution is 5.94. The first-order valence-corrected chi connectivity index (χ1v) is 7.26. The van der Waals surface area contributed by atoms with Gasteiger partial charge in [-0.1, -0.05) is 6.07 Å². The quantitative estimate of drug-likeness (QED) is 0.889. The Morgan fingerprint density at radius 3 is 2.76 bits per heavy atom. The van der Waals surface area contributed by atoms with Gasteiger partial charge < -0.3 is 21.1 Å². The Kier molecular flexibility index (Phi) is 3.79. The van der Waals surface area contributed by atoms with Crippen molar-refractivity contribution in [1.82, 2.24) is 14.9 Å². The van der Waals surface area contributed by atoms with Crippen molar-refractivity contribution in [2.24, 2.45) is 5.92 Å². The molecule has 1 fully saturated rings. The molecule has 3 rings (SSSR count). The van der Waals surface area contributed by atoms with Crippen LogP contribution >= 0.6 is 0 Å². The van der Waals surface area contributed by atoms with Gasteiger partial charge in [0.05, 0.1) is 17.5 Å².